The van der Waals surface area contributed by atoms with Crippen LogP contribution in [0.2, 0.25) is 0 Å². The van der Waals surface area contributed by atoms with Crippen molar-refractivity contribution in [3.63, 3.8) is 0 Å². The first-order valence-electron chi connectivity index (χ1n) is 5.04. The minimum absolute atomic E-state index is 0.0121. The van der Waals surface area contributed by atoms with Crippen molar-refractivity contribution in [1.29, 1.82) is 0 Å². The molecule has 0 saturated heterocycles. The molecule has 1 N–H and O–H groups in total. The number of hydrogen-bond acceptors (Lipinski definition) is 4. The first-order chi connectivity index (χ1) is 7.20. The van der Waals surface area contributed by atoms with E-state index in [0.717, 1.165) is 32.1 Å². The fraction of sp³-hybridized carbons (Fsp3) is 0.667. The summed E-state index contributed by atoms with van der Waals surface area (Å²) in [5.74, 6) is -1.49. The van der Waals surface area contributed by atoms with E-state index in [1.807, 2.05) is 0 Å². The molecule has 0 aromatic carbocycles. The Morgan fingerprint density at radius 2 is 2.07 bits per heavy atom. The zero-order chi connectivity index (χ0) is 10.8. The van der Waals surface area contributed by atoms with Crippen molar-refractivity contribution in [2.75, 3.05) is 0 Å². The van der Waals surface area contributed by atoms with Crippen LogP contribution in [-0.2, 0) is 0 Å². The minimum Gasteiger partial charge on any atom is -0.539 e. The predicted molar refractivity (Wildman–Crippen MR) is 46.0 cm³/mol. The Balaban J connectivity index is 2.34. The smallest absolute Gasteiger partial charge is 0.436 e. The molecule has 6 nitrogen and oxygen atoms in total. The molecule has 2 rings (SSSR count). The number of aromatic nitrogens is 2. The highest BCUT2D eigenvalue weighted by Gasteiger charge is 2.31. The van der Waals surface area contributed by atoms with Gasteiger partial charge < -0.3 is 9.90 Å². The summed E-state index contributed by atoms with van der Waals surface area (Å²) in [4.78, 5) is 21.8. The van der Waals surface area contributed by atoms with Gasteiger partial charge in [-0.25, -0.2) is 4.79 Å². The van der Waals surface area contributed by atoms with Gasteiger partial charge in [-0.05, 0) is 18.1 Å². The molecule has 0 aliphatic heterocycles. The third-order valence-electron chi connectivity index (χ3n) is 2.80. The summed E-state index contributed by atoms with van der Waals surface area (Å²) < 4.78 is 5.76. The first kappa shape index (κ1) is 9.95. The van der Waals surface area contributed by atoms with Crippen molar-refractivity contribution in [2.45, 2.75) is 38.1 Å². The van der Waals surface area contributed by atoms with Gasteiger partial charge in [-0.2, -0.15) is 0 Å². The lowest BCUT2D eigenvalue weighted by Crippen LogP contribution is -2.51. The number of aromatic carboxylic acids is 1. The summed E-state index contributed by atoms with van der Waals surface area (Å²) in [6.45, 7) is 0. The molecule has 1 aliphatic rings. The third-order valence-corrected chi connectivity index (χ3v) is 2.80. The number of aromatic amines is 1. The zero-order valence-electron chi connectivity index (χ0n) is 8.19. The zero-order valence-corrected chi connectivity index (χ0v) is 8.19. The summed E-state index contributed by atoms with van der Waals surface area (Å²) >= 11 is 0. The Morgan fingerprint density at radius 1 is 1.40 bits per heavy atom. The molecular formula is C9H12N2O4. The second-order valence-electron chi connectivity index (χ2n) is 3.78. The second-order valence-corrected chi connectivity index (χ2v) is 3.78. The molecule has 1 aliphatic carbocycles. The Bertz CT molecular complexity index is 414. The topological polar surface area (TPSA) is 90.0 Å². The van der Waals surface area contributed by atoms with Crippen LogP contribution in [0.1, 0.15) is 48.6 Å². The van der Waals surface area contributed by atoms with Gasteiger partial charge in [0.2, 0.25) is 0 Å². The molecule has 0 spiro atoms. The number of carboxylic acid groups (broad SMARTS) is 1. The fourth-order valence-corrected chi connectivity index (χ4v) is 2.06. The maximum absolute atomic E-state index is 11.1. The van der Waals surface area contributed by atoms with Gasteiger partial charge in [-0.15, -0.1) is 0 Å². The van der Waals surface area contributed by atoms with Crippen molar-refractivity contribution in [2.24, 2.45) is 0 Å². The Labute approximate surface area is 85.5 Å². The number of hydrogen-bond donors (Lipinski definition) is 1. The van der Waals surface area contributed by atoms with Gasteiger partial charge in [-0.3, -0.25) is 4.52 Å². The molecule has 1 heterocycles. The van der Waals surface area contributed by atoms with Crippen LogP contribution in [-0.4, -0.2) is 11.2 Å². The van der Waals surface area contributed by atoms with E-state index in [1.165, 1.54) is 4.68 Å². The van der Waals surface area contributed by atoms with E-state index in [0.29, 0.717) is 0 Å². The lowest BCUT2D eigenvalue weighted by molar-refractivity contribution is -0.790. The van der Waals surface area contributed by atoms with Gasteiger partial charge in [-0.1, -0.05) is 11.1 Å². The molecule has 1 saturated carbocycles. The van der Waals surface area contributed by atoms with Crippen molar-refractivity contribution in [3.05, 3.63) is 16.1 Å². The normalized spacial score (nSPS) is 17.9. The minimum atomic E-state index is -1.49. The lowest BCUT2D eigenvalue weighted by atomic mass is 9.95. The summed E-state index contributed by atoms with van der Waals surface area (Å²) in [6, 6.07) is 0.0121. The lowest BCUT2D eigenvalue weighted by Gasteiger charge is -2.15. The van der Waals surface area contributed by atoms with Crippen LogP contribution in [0.25, 0.3) is 0 Å². The second kappa shape index (κ2) is 3.88. The molecular weight excluding hydrogens is 200 g/mol. The van der Waals surface area contributed by atoms with Gasteiger partial charge in [0.05, 0.1) is 0 Å². The van der Waals surface area contributed by atoms with Gasteiger partial charge in [0, 0.05) is 12.8 Å². The molecule has 0 amide bonds. The third kappa shape index (κ3) is 1.79. The average molecular weight is 212 g/mol. The highest BCUT2D eigenvalue weighted by Crippen LogP contribution is 2.23. The summed E-state index contributed by atoms with van der Waals surface area (Å²) in [5, 5.41) is 13.1. The molecule has 15 heavy (non-hydrogen) atoms. The van der Waals surface area contributed by atoms with Crippen LogP contribution in [0, 0.1) is 0 Å². The highest BCUT2D eigenvalue weighted by atomic mass is 16.5. The quantitative estimate of drug-likeness (QED) is 0.645. The number of nitrogens with zero attached hydrogens (tertiary/aromatic N) is 1. The van der Waals surface area contributed by atoms with E-state index in [-0.39, 0.29) is 6.04 Å². The highest BCUT2D eigenvalue weighted by molar-refractivity contribution is 5.80. The molecule has 1 aromatic heterocycles. The van der Waals surface area contributed by atoms with Crippen molar-refractivity contribution < 1.29 is 19.1 Å². The van der Waals surface area contributed by atoms with Gasteiger partial charge in [0.1, 0.15) is 5.97 Å². The molecule has 0 bridgehead atoms. The molecule has 0 radical (unpaired) electrons. The monoisotopic (exact) mass is 212 g/mol. The van der Waals surface area contributed by atoms with E-state index in [1.54, 1.807) is 0 Å². The predicted octanol–water partition coefficient (Wildman–Crippen LogP) is -0.876. The van der Waals surface area contributed by atoms with Crippen LogP contribution >= 0.6 is 0 Å². The van der Waals surface area contributed by atoms with E-state index in [9.17, 15) is 14.7 Å². The van der Waals surface area contributed by atoms with Gasteiger partial charge >= 0.3 is 11.3 Å². The van der Waals surface area contributed by atoms with Crippen LogP contribution in [0.4, 0.5) is 0 Å². The molecule has 1 fully saturated rings. The van der Waals surface area contributed by atoms with E-state index in [2.05, 4.69) is 9.79 Å². The largest absolute Gasteiger partial charge is 0.539 e. The number of carbonyl (C=O) groups excluding carboxylic acids is 1. The molecule has 1 aromatic rings. The number of carboxylic acids is 1. The average Bonchev–Trinajstić information content (AvgIpc) is 2.61. The maximum Gasteiger partial charge on any atom is 0.436 e. The van der Waals surface area contributed by atoms with E-state index in [4.69, 9.17) is 0 Å². The Morgan fingerprint density at radius 3 is 2.67 bits per heavy atom. The fourth-order valence-electron chi connectivity index (χ4n) is 2.06. The maximum atomic E-state index is 11.1. The SMILES string of the molecule is O=C([O-])c1c(=O)o[nH][n+]1C1CCCCC1. The number of carbonyl (C=O) groups is 1. The summed E-state index contributed by atoms with van der Waals surface area (Å²) in [7, 11) is 0. The van der Waals surface area contributed by atoms with E-state index < -0.39 is 17.3 Å². The van der Waals surface area contributed by atoms with Crippen molar-refractivity contribution in [3.8, 4) is 0 Å². The Hall–Kier alpha value is -1.59. The number of nitrogens with one attached hydrogen (secondary N) is 1. The molecule has 6 heteroatoms. The van der Waals surface area contributed by atoms with Crippen molar-refractivity contribution >= 4 is 5.97 Å². The number of rotatable bonds is 2. The van der Waals surface area contributed by atoms with Crippen molar-refractivity contribution in [1.82, 2.24) is 5.27 Å². The van der Waals surface area contributed by atoms with Gasteiger partial charge in [0.25, 0.3) is 0 Å². The van der Waals surface area contributed by atoms with Crippen LogP contribution in [0.5, 0.6) is 0 Å². The summed E-state index contributed by atoms with van der Waals surface area (Å²) in [6.07, 6.45) is 4.95. The number of H-pyrrole nitrogens is 1. The van der Waals surface area contributed by atoms with Gasteiger partial charge in [0.15, 0.2) is 6.04 Å². The molecule has 82 valence electrons. The van der Waals surface area contributed by atoms with Crippen LogP contribution < -0.4 is 15.4 Å². The van der Waals surface area contributed by atoms with E-state index >= 15 is 0 Å². The standard InChI is InChI=1S/C9H12N2O4/c12-8(13)7-9(14)15-10-11(7)6-4-2-1-3-5-6/h6H,1-5H2,(H-,10,12,13,14). The van der Waals surface area contributed by atoms with Crippen LogP contribution in [0.3, 0.4) is 0 Å². The van der Waals surface area contributed by atoms with Crippen LogP contribution in [0.15, 0.2) is 9.32 Å². The molecule has 0 atom stereocenters. The molecule has 0 unspecified atom stereocenters. The first-order valence-corrected chi connectivity index (χ1v) is 5.04. The summed E-state index contributed by atoms with van der Waals surface area (Å²) in [5.41, 5.74) is -1.29. The Kier molecular flexibility index (Phi) is 2.57.